The van der Waals surface area contributed by atoms with Gasteiger partial charge in [0.2, 0.25) is 5.88 Å². The predicted molar refractivity (Wildman–Crippen MR) is 131 cm³/mol. The Morgan fingerprint density at radius 2 is 1.89 bits per heavy atom. The lowest BCUT2D eigenvalue weighted by molar-refractivity contribution is 0.0688. The Labute approximate surface area is 207 Å². The van der Waals surface area contributed by atoms with E-state index in [9.17, 15) is 9.90 Å². The predicted octanol–water partition coefficient (Wildman–Crippen LogP) is 4.37. The lowest BCUT2D eigenvalue weighted by Gasteiger charge is -2.18. The minimum atomic E-state index is -1.20. The van der Waals surface area contributed by atoms with Crippen molar-refractivity contribution in [3.63, 3.8) is 0 Å². The molecule has 0 radical (unpaired) electrons. The van der Waals surface area contributed by atoms with Gasteiger partial charge in [0.25, 0.3) is 5.56 Å². The van der Waals surface area contributed by atoms with Gasteiger partial charge in [0.1, 0.15) is 30.0 Å². The van der Waals surface area contributed by atoms with Crippen molar-refractivity contribution in [1.29, 1.82) is 0 Å². The lowest BCUT2D eigenvalue weighted by atomic mass is 10.0. The molecule has 9 nitrogen and oxygen atoms in total. The molecule has 1 aromatic carbocycles. The van der Waals surface area contributed by atoms with E-state index in [-0.39, 0.29) is 18.0 Å². The summed E-state index contributed by atoms with van der Waals surface area (Å²) in [7, 11) is 0. The lowest BCUT2D eigenvalue weighted by Crippen LogP contribution is -2.25. The van der Waals surface area contributed by atoms with Gasteiger partial charge in [0, 0.05) is 18.7 Å². The molecule has 0 aliphatic carbocycles. The van der Waals surface area contributed by atoms with Crippen molar-refractivity contribution >= 4 is 11.6 Å². The summed E-state index contributed by atoms with van der Waals surface area (Å²) in [6, 6.07) is 5.30. The molecule has 0 amide bonds. The Bertz CT molecular complexity index is 1470. The average molecular weight is 496 g/mol. The Kier molecular flexibility index (Phi) is 6.48. The largest absolute Gasteiger partial charge is 0.471 e. The molecule has 3 aromatic heterocycles. The molecule has 4 rings (SSSR count). The van der Waals surface area contributed by atoms with Crippen LogP contribution in [-0.2, 0) is 12.2 Å². The van der Waals surface area contributed by atoms with Crippen molar-refractivity contribution in [2.45, 2.75) is 53.8 Å². The van der Waals surface area contributed by atoms with Crippen LogP contribution in [0.15, 0.2) is 39.9 Å². The number of benzene rings is 1. The molecule has 182 valence electrons. The van der Waals surface area contributed by atoms with Crippen LogP contribution in [0.1, 0.15) is 48.2 Å². The number of halogens is 1. The van der Waals surface area contributed by atoms with Crippen LogP contribution in [0.3, 0.4) is 0 Å². The SMILES string of the molecule is Cc1nc(COc2nc(C)n(-c3cc(-c4nc(C(C)(C)O)ncc4C)ccc3Cl)c(=O)c2C)co1. The van der Waals surface area contributed by atoms with Gasteiger partial charge in [-0.15, -0.1) is 0 Å². The molecule has 1 N–H and O–H groups in total. The maximum atomic E-state index is 13.4. The fourth-order valence-corrected chi connectivity index (χ4v) is 3.79. The first-order valence-corrected chi connectivity index (χ1v) is 11.3. The van der Waals surface area contributed by atoms with Gasteiger partial charge in [-0.05, 0) is 52.3 Å². The minimum Gasteiger partial charge on any atom is -0.471 e. The molecule has 0 aliphatic heterocycles. The second-order valence-corrected chi connectivity index (χ2v) is 9.23. The first-order valence-electron chi connectivity index (χ1n) is 11.0. The second kappa shape index (κ2) is 9.24. The zero-order valence-electron chi connectivity index (χ0n) is 20.4. The zero-order valence-corrected chi connectivity index (χ0v) is 21.1. The number of rotatable bonds is 6. The van der Waals surface area contributed by atoms with E-state index in [1.54, 1.807) is 52.9 Å². The zero-order chi connectivity index (χ0) is 25.5. The number of hydrogen-bond acceptors (Lipinski definition) is 8. The topological polar surface area (TPSA) is 116 Å². The number of aliphatic hydroxyl groups is 1. The van der Waals surface area contributed by atoms with Gasteiger partial charge in [0.15, 0.2) is 11.7 Å². The second-order valence-electron chi connectivity index (χ2n) is 8.83. The summed E-state index contributed by atoms with van der Waals surface area (Å²) < 4.78 is 12.4. The van der Waals surface area contributed by atoms with Gasteiger partial charge in [0.05, 0.1) is 22.0 Å². The molecule has 3 heterocycles. The van der Waals surface area contributed by atoms with E-state index in [0.29, 0.717) is 45.2 Å². The summed E-state index contributed by atoms with van der Waals surface area (Å²) in [5.41, 5.74) is 2.06. The monoisotopic (exact) mass is 495 g/mol. The van der Waals surface area contributed by atoms with Crippen LogP contribution in [0.4, 0.5) is 0 Å². The van der Waals surface area contributed by atoms with Crippen LogP contribution in [-0.4, -0.2) is 29.6 Å². The van der Waals surface area contributed by atoms with E-state index in [4.69, 9.17) is 20.8 Å². The summed E-state index contributed by atoms with van der Waals surface area (Å²) in [5.74, 6) is 1.45. The molecule has 0 saturated heterocycles. The highest BCUT2D eigenvalue weighted by Gasteiger charge is 2.22. The van der Waals surface area contributed by atoms with Crippen molar-refractivity contribution < 1.29 is 14.3 Å². The van der Waals surface area contributed by atoms with Gasteiger partial charge < -0.3 is 14.3 Å². The first kappa shape index (κ1) is 24.6. The fourth-order valence-electron chi connectivity index (χ4n) is 3.59. The molecule has 0 saturated carbocycles. The number of nitrogens with zero attached hydrogens (tertiary/aromatic N) is 5. The normalized spacial score (nSPS) is 11.7. The van der Waals surface area contributed by atoms with Crippen molar-refractivity contribution in [2.24, 2.45) is 0 Å². The molecule has 4 aromatic rings. The molecule has 0 aliphatic rings. The van der Waals surface area contributed by atoms with E-state index in [1.807, 2.05) is 13.0 Å². The Morgan fingerprint density at radius 3 is 2.54 bits per heavy atom. The molecule has 0 fully saturated rings. The molecule has 0 atom stereocenters. The van der Waals surface area contributed by atoms with Crippen LogP contribution in [0.25, 0.3) is 16.9 Å². The van der Waals surface area contributed by atoms with Gasteiger partial charge >= 0.3 is 0 Å². The highest BCUT2D eigenvalue weighted by atomic mass is 35.5. The number of oxazole rings is 1. The third-order valence-corrected chi connectivity index (χ3v) is 5.75. The molecule has 0 bridgehead atoms. The maximum Gasteiger partial charge on any atom is 0.264 e. The molecule has 0 spiro atoms. The Balaban J connectivity index is 1.76. The van der Waals surface area contributed by atoms with Crippen molar-refractivity contribution in [1.82, 2.24) is 24.5 Å². The molecule has 10 heteroatoms. The molecule has 0 unspecified atom stereocenters. The summed E-state index contributed by atoms with van der Waals surface area (Å²) in [6.45, 7) is 10.4. The third kappa shape index (κ3) is 4.96. The van der Waals surface area contributed by atoms with E-state index >= 15 is 0 Å². The van der Waals surface area contributed by atoms with Crippen LogP contribution in [0.5, 0.6) is 5.88 Å². The molecule has 35 heavy (non-hydrogen) atoms. The van der Waals surface area contributed by atoms with Crippen molar-refractivity contribution in [3.05, 3.63) is 80.4 Å². The van der Waals surface area contributed by atoms with E-state index < -0.39 is 5.60 Å². The number of aromatic nitrogens is 5. The summed E-state index contributed by atoms with van der Waals surface area (Å²) in [6.07, 6.45) is 3.16. The smallest absolute Gasteiger partial charge is 0.264 e. The van der Waals surface area contributed by atoms with Gasteiger partial charge in [-0.2, -0.15) is 4.98 Å². The van der Waals surface area contributed by atoms with Crippen molar-refractivity contribution in [2.75, 3.05) is 0 Å². The van der Waals surface area contributed by atoms with E-state index in [2.05, 4.69) is 19.9 Å². The van der Waals surface area contributed by atoms with Crippen molar-refractivity contribution in [3.8, 4) is 22.8 Å². The number of hydrogen-bond donors (Lipinski definition) is 1. The summed E-state index contributed by atoms with van der Waals surface area (Å²) in [5, 5.41) is 10.7. The third-order valence-electron chi connectivity index (χ3n) is 5.43. The first-order chi connectivity index (χ1) is 16.5. The fraction of sp³-hybridized carbons (Fsp3) is 0.320. The van der Waals surface area contributed by atoms with Crippen LogP contribution < -0.4 is 10.3 Å². The Morgan fingerprint density at radius 1 is 1.14 bits per heavy atom. The maximum absolute atomic E-state index is 13.4. The summed E-state index contributed by atoms with van der Waals surface area (Å²) >= 11 is 6.53. The quantitative estimate of drug-likeness (QED) is 0.419. The molecular formula is C25H26ClN5O4. The van der Waals surface area contributed by atoms with Gasteiger partial charge in [-0.25, -0.2) is 15.0 Å². The minimum absolute atomic E-state index is 0.126. The van der Waals surface area contributed by atoms with Crippen LogP contribution in [0, 0.1) is 27.7 Å². The Hall–Kier alpha value is -3.56. The van der Waals surface area contributed by atoms with Crippen LogP contribution >= 0.6 is 11.6 Å². The summed E-state index contributed by atoms with van der Waals surface area (Å²) in [4.78, 5) is 30.9. The van der Waals surface area contributed by atoms with E-state index in [0.717, 1.165) is 11.1 Å². The van der Waals surface area contributed by atoms with Gasteiger partial charge in [-0.3, -0.25) is 9.36 Å². The van der Waals surface area contributed by atoms with Gasteiger partial charge in [-0.1, -0.05) is 17.7 Å². The highest BCUT2D eigenvalue weighted by Crippen LogP contribution is 2.30. The standard InChI is InChI=1S/C25H26ClN5O4/c1-13-10-27-24(25(5,6)33)30-21(13)17-7-8-19(26)20(9-17)31-15(3)28-22(14(2)23(31)32)35-12-18-11-34-16(4)29-18/h7-11,33H,12H2,1-6H3. The van der Waals surface area contributed by atoms with Crippen LogP contribution in [0.2, 0.25) is 5.02 Å². The highest BCUT2D eigenvalue weighted by molar-refractivity contribution is 6.32. The molecular weight excluding hydrogens is 470 g/mol. The number of ether oxygens (including phenoxy) is 1. The van der Waals surface area contributed by atoms with E-state index in [1.165, 1.54) is 10.8 Å². The number of aryl methyl sites for hydroxylation is 3. The average Bonchev–Trinajstić information content (AvgIpc) is 3.21.